The SMILES string of the molecule is CCOc1ccc(NC(=O)CCC(C)N)c(C)c1.Cl. The second-order valence-electron chi connectivity index (χ2n) is 4.47. The minimum atomic E-state index is -0.000408. The molecule has 19 heavy (non-hydrogen) atoms. The Morgan fingerprint density at radius 1 is 1.47 bits per heavy atom. The number of anilines is 1. The van der Waals surface area contributed by atoms with E-state index < -0.39 is 0 Å². The van der Waals surface area contributed by atoms with Gasteiger partial charge in [-0.2, -0.15) is 0 Å². The summed E-state index contributed by atoms with van der Waals surface area (Å²) in [4.78, 5) is 11.7. The van der Waals surface area contributed by atoms with E-state index in [1.54, 1.807) is 0 Å². The molecule has 1 amide bonds. The van der Waals surface area contributed by atoms with Gasteiger partial charge in [-0.05, 0) is 51.0 Å². The summed E-state index contributed by atoms with van der Waals surface area (Å²) in [5.41, 5.74) is 7.44. The monoisotopic (exact) mass is 286 g/mol. The van der Waals surface area contributed by atoms with Crippen LogP contribution in [0.1, 0.15) is 32.3 Å². The van der Waals surface area contributed by atoms with Gasteiger partial charge in [0.1, 0.15) is 5.75 Å². The van der Waals surface area contributed by atoms with E-state index in [0.717, 1.165) is 17.0 Å². The van der Waals surface area contributed by atoms with Gasteiger partial charge in [-0.15, -0.1) is 12.4 Å². The molecule has 0 bridgehead atoms. The molecule has 0 radical (unpaired) electrons. The quantitative estimate of drug-likeness (QED) is 0.845. The number of carbonyl (C=O) groups is 1. The second kappa shape index (κ2) is 8.77. The van der Waals surface area contributed by atoms with E-state index >= 15 is 0 Å². The van der Waals surface area contributed by atoms with Gasteiger partial charge in [-0.25, -0.2) is 0 Å². The number of hydrogen-bond donors (Lipinski definition) is 2. The van der Waals surface area contributed by atoms with Crippen molar-refractivity contribution in [3.05, 3.63) is 23.8 Å². The predicted molar refractivity (Wildman–Crippen MR) is 81.1 cm³/mol. The maximum Gasteiger partial charge on any atom is 0.224 e. The van der Waals surface area contributed by atoms with Crippen LogP contribution >= 0.6 is 12.4 Å². The highest BCUT2D eigenvalue weighted by Gasteiger charge is 2.06. The molecule has 0 saturated heterocycles. The molecular weight excluding hydrogens is 264 g/mol. The molecule has 0 aliphatic rings. The lowest BCUT2D eigenvalue weighted by Gasteiger charge is -2.11. The number of nitrogens with one attached hydrogen (secondary N) is 1. The topological polar surface area (TPSA) is 64.3 Å². The highest BCUT2D eigenvalue weighted by atomic mass is 35.5. The van der Waals surface area contributed by atoms with Crippen LogP contribution in [-0.2, 0) is 4.79 Å². The first kappa shape index (κ1) is 17.7. The van der Waals surface area contributed by atoms with Crippen LogP contribution in [0.3, 0.4) is 0 Å². The molecule has 3 N–H and O–H groups in total. The molecule has 0 saturated carbocycles. The van der Waals surface area contributed by atoms with Gasteiger partial charge in [0.05, 0.1) is 6.61 Å². The Bertz CT molecular complexity index is 408. The first-order chi connectivity index (χ1) is 8.52. The summed E-state index contributed by atoms with van der Waals surface area (Å²) >= 11 is 0. The summed E-state index contributed by atoms with van der Waals surface area (Å²) in [6, 6.07) is 5.70. The summed E-state index contributed by atoms with van der Waals surface area (Å²) < 4.78 is 5.40. The molecule has 0 fully saturated rings. The summed E-state index contributed by atoms with van der Waals surface area (Å²) in [6.45, 7) is 6.43. The van der Waals surface area contributed by atoms with Crippen LogP contribution in [0, 0.1) is 6.92 Å². The van der Waals surface area contributed by atoms with Gasteiger partial charge in [0.2, 0.25) is 5.91 Å². The molecule has 0 spiro atoms. The smallest absolute Gasteiger partial charge is 0.224 e. The molecule has 0 aromatic heterocycles. The Kier molecular flexibility index (Phi) is 8.19. The number of aryl methyl sites for hydroxylation is 1. The first-order valence-electron chi connectivity index (χ1n) is 6.31. The highest BCUT2D eigenvalue weighted by Crippen LogP contribution is 2.21. The molecule has 1 unspecified atom stereocenters. The van der Waals surface area contributed by atoms with Crippen LogP contribution in [0.4, 0.5) is 5.69 Å². The van der Waals surface area contributed by atoms with Crippen LogP contribution < -0.4 is 15.8 Å². The zero-order chi connectivity index (χ0) is 13.5. The number of hydrogen-bond acceptors (Lipinski definition) is 3. The van der Waals surface area contributed by atoms with Crippen molar-refractivity contribution in [3.8, 4) is 5.75 Å². The minimum Gasteiger partial charge on any atom is -0.494 e. The lowest BCUT2D eigenvalue weighted by Crippen LogP contribution is -2.19. The molecular formula is C14H23ClN2O2. The maximum absolute atomic E-state index is 11.7. The summed E-state index contributed by atoms with van der Waals surface area (Å²) in [6.07, 6.45) is 1.15. The van der Waals surface area contributed by atoms with Gasteiger partial charge in [0.25, 0.3) is 0 Å². The number of ether oxygens (including phenoxy) is 1. The van der Waals surface area contributed by atoms with Gasteiger partial charge in [-0.1, -0.05) is 0 Å². The van der Waals surface area contributed by atoms with E-state index in [4.69, 9.17) is 10.5 Å². The van der Waals surface area contributed by atoms with E-state index in [1.165, 1.54) is 0 Å². The van der Waals surface area contributed by atoms with Crippen LogP contribution in [0.5, 0.6) is 5.75 Å². The Balaban J connectivity index is 0.00000324. The third kappa shape index (κ3) is 6.45. The molecule has 0 aliphatic heterocycles. The lowest BCUT2D eigenvalue weighted by atomic mass is 10.1. The van der Waals surface area contributed by atoms with Gasteiger partial charge >= 0.3 is 0 Å². The van der Waals surface area contributed by atoms with Crippen molar-refractivity contribution in [1.29, 1.82) is 0 Å². The van der Waals surface area contributed by atoms with Crippen molar-refractivity contribution in [3.63, 3.8) is 0 Å². The number of rotatable bonds is 6. The van der Waals surface area contributed by atoms with Gasteiger partial charge in [0.15, 0.2) is 0 Å². The number of halogens is 1. The van der Waals surface area contributed by atoms with Crippen LogP contribution in [0.15, 0.2) is 18.2 Å². The Hall–Kier alpha value is -1.26. The maximum atomic E-state index is 11.7. The van der Waals surface area contributed by atoms with Crippen molar-refractivity contribution < 1.29 is 9.53 Å². The zero-order valence-corrected chi connectivity index (χ0v) is 12.5. The summed E-state index contributed by atoms with van der Waals surface area (Å²) in [7, 11) is 0. The minimum absolute atomic E-state index is 0. The Labute approximate surface area is 121 Å². The Morgan fingerprint density at radius 2 is 2.16 bits per heavy atom. The third-order valence-corrected chi connectivity index (χ3v) is 2.61. The molecule has 0 heterocycles. The van der Waals surface area contributed by atoms with Gasteiger partial charge < -0.3 is 15.8 Å². The lowest BCUT2D eigenvalue weighted by molar-refractivity contribution is -0.116. The van der Waals surface area contributed by atoms with Crippen molar-refractivity contribution in [2.45, 2.75) is 39.7 Å². The summed E-state index contributed by atoms with van der Waals surface area (Å²) in [5, 5.41) is 2.88. The summed E-state index contributed by atoms with van der Waals surface area (Å²) in [5.74, 6) is 0.822. The molecule has 108 valence electrons. The standard InChI is InChI=1S/C14H22N2O2.ClH/c1-4-18-12-6-7-13(10(2)9-12)16-14(17)8-5-11(3)15;/h6-7,9,11H,4-5,8,15H2,1-3H3,(H,16,17);1H. The highest BCUT2D eigenvalue weighted by molar-refractivity contribution is 5.91. The normalized spacial score (nSPS) is 11.4. The molecule has 1 aromatic rings. The number of benzene rings is 1. The first-order valence-corrected chi connectivity index (χ1v) is 6.31. The largest absolute Gasteiger partial charge is 0.494 e. The van der Waals surface area contributed by atoms with E-state index in [0.29, 0.717) is 19.4 Å². The molecule has 1 rings (SSSR count). The third-order valence-electron chi connectivity index (χ3n) is 2.61. The van der Waals surface area contributed by atoms with Crippen LogP contribution in [0.2, 0.25) is 0 Å². The van der Waals surface area contributed by atoms with Crippen LogP contribution in [-0.4, -0.2) is 18.6 Å². The molecule has 1 aromatic carbocycles. The number of carbonyl (C=O) groups excluding carboxylic acids is 1. The van der Waals surface area contributed by atoms with Crippen molar-refractivity contribution in [1.82, 2.24) is 0 Å². The zero-order valence-electron chi connectivity index (χ0n) is 11.7. The van der Waals surface area contributed by atoms with E-state index in [9.17, 15) is 4.79 Å². The molecule has 0 aliphatic carbocycles. The van der Waals surface area contributed by atoms with E-state index in [1.807, 2.05) is 39.0 Å². The molecule has 1 atom stereocenters. The average molecular weight is 287 g/mol. The van der Waals surface area contributed by atoms with Gasteiger partial charge in [0, 0.05) is 18.2 Å². The second-order valence-corrected chi connectivity index (χ2v) is 4.47. The fourth-order valence-corrected chi connectivity index (χ4v) is 1.60. The predicted octanol–water partition coefficient (Wildman–Crippen LogP) is 2.88. The van der Waals surface area contributed by atoms with E-state index in [-0.39, 0.29) is 24.4 Å². The molecule has 5 heteroatoms. The van der Waals surface area contributed by atoms with Crippen LogP contribution in [0.25, 0.3) is 0 Å². The average Bonchev–Trinajstić information content (AvgIpc) is 2.30. The fourth-order valence-electron chi connectivity index (χ4n) is 1.60. The van der Waals surface area contributed by atoms with Crippen molar-refractivity contribution in [2.24, 2.45) is 5.73 Å². The van der Waals surface area contributed by atoms with Crippen molar-refractivity contribution in [2.75, 3.05) is 11.9 Å². The number of amides is 1. The molecule has 4 nitrogen and oxygen atoms in total. The fraction of sp³-hybridized carbons (Fsp3) is 0.500. The number of nitrogens with two attached hydrogens (primary N) is 1. The van der Waals surface area contributed by atoms with E-state index in [2.05, 4.69) is 5.32 Å². The van der Waals surface area contributed by atoms with Crippen molar-refractivity contribution >= 4 is 24.0 Å². The van der Waals surface area contributed by atoms with Gasteiger partial charge in [-0.3, -0.25) is 4.79 Å². The Morgan fingerprint density at radius 3 is 2.68 bits per heavy atom.